The number of ether oxygens (including phenoxy) is 2. The molecule has 41 heavy (non-hydrogen) atoms. The normalized spacial score (nSPS) is 29.9. The van der Waals surface area contributed by atoms with Crippen molar-refractivity contribution in [3.8, 4) is 0 Å². The monoisotopic (exact) mass is 740 g/mol. The molecule has 3 unspecified atom stereocenters. The Morgan fingerprint density at radius 3 is 1.71 bits per heavy atom. The zero-order chi connectivity index (χ0) is 31.8. The van der Waals surface area contributed by atoms with E-state index in [0.717, 1.165) is 19.1 Å². The standard InChI is InChI=1S/C31H61IO6Si3/c1-29(2,3)39(10,11)36-24(18-20-32)26-28(38-41(14,15)31(7,8)9)27(37-40(12,13)30(4,5)6)25-23(35-26)17-16-22(34-25)19-21-33/h18,20-28H,16-17,19H2,1-15H3/b20-18+/t22-,23+,24?,25?,26?,27+,28-/m1/s1. The molecule has 0 spiro atoms. The van der Waals surface area contributed by atoms with Crippen LogP contribution < -0.4 is 0 Å². The fourth-order valence-electron chi connectivity index (χ4n) is 4.63. The molecule has 240 valence electrons. The minimum Gasteiger partial charge on any atom is -0.408 e. The van der Waals surface area contributed by atoms with Crippen molar-refractivity contribution in [3.05, 3.63) is 10.2 Å². The van der Waals surface area contributed by atoms with Gasteiger partial charge < -0.3 is 27.5 Å². The van der Waals surface area contributed by atoms with Crippen LogP contribution in [-0.2, 0) is 27.5 Å². The molecule has 2 rings (SSSR count). The maximum absolute atomic E-state index is 11.5. The molecule has 0 aromatic carbocycles. The highest BCUT2D eigenvalue weighted by Gasteiger charge is 2.57. The molecule has 2 aliphatic heterocycles. The molecule has 2 heterocycles. The van der Waals surface area contributed by atoms with Crippen molar-refractivity contribution in [1.82, 2.24) is 0 Å². The summed E-state index contributed by atoms with van der Waals surface area (Å²) in [7, 11) is -6.69. The van der Waals surface area contributed by atoms with E-state index in [1.807, 2.05) is 0 Å². The van der Waals surface area contributed by atoms with Crippen LogP contribution in [0.4, 0.5) is 0 Å². The molecule has 0 radical (unpaired) electrons. The number of carbonyl (C=O) groups excluding carboxylic acids is 1. The van der Waals surface area contributed by atoms with Gasteiger partial charge in [-0.3, -0.25) is 0 Å². The second-order valence-corrected chi connectivity index (χ2v) is 31.7. The summed E-state index contributed by atoms with van der Waals surface area (Å²) in [5, 5.41) is 0.0521. The predicted molar refractivity (Wildman–Crippen MR) is 187 cm³/mol. The van der Waals surface area contributed by atoms with Gasteiger partial charge in [-0.25, -0.2) is 0 Å². The van der Waals surface area contributed by atoms with Gasteiger partial charge in [0.1, 0.15) is 30.7 Å². The van der Waals surface area contributed by atoms with Crippen molar-refractivity contribution in [1.29, 1.82) is 0 Å². The van der Waals surface area contributed by atoms with Gasteiger partial charge in [-0.15, -0.1) is 0 Å². The first kappa shape index (κ1) is 37.8. The van der Waals surface area contributed by atoms with E-state index >= 15 is 0 Å². The average Bonchev–Trinajstić information content (AvgIpc) is 2.78. The molecule has 0 saturated carbocycles. The summed E-state index contributed by atoms with van der Waals surface area (Å²) in [6.07, 6.45) is 3.25. The van der Waals surface area contributed by atoms with Crippen LogP contribution in [0, 0.1) is 0 Å². The molecule has 2 aliphatic rings. The highest BCUT2D eigenvalue weighted by atomic mass is 127. The summed E-state index contributed by atoms with van der Waals surface area (Å²) in [5.41, 5.74) is 0. The number of fused-ring (bicyclic) bond motifs is 1. The van der Waals surface area contributed by atoms with E-state index < -0.39 is 25.0 Å². The van der Waals surface area contributed by atoms with Gasteiger partial charge in [0.05, 0.1) is 18.3 Å². The number of rotatable bonds is 10. The van der Waals surface area contributed by atoms with Crippen molar-refractivity contribution in [2.45, 2.75) is 179 Å². The van der Waals surface area contributed by atoms with Crippen LogP contribution in [0.3, 0.4) is 0 Å². The fourth-order valence-corrected chi connectivity index (χ4v) is 8.89. The Labute approximate surface area is 268 Å². The second-order valence-electron chi connectivity index (χ2n) is 16.7. The van der Waals surface area contributed by atoms with E-state index in [-0.39, 0.29) is 57.8 Å². The molecule has 0 aromatic heterocycles. The van der Waals surface area contributed by atoms with Crippen molar-refractivity contribution in [2.24, 2.45) is 0 Å². The summed E-state index contributed by atoms with van der Waals surface area (Å²) >= 11 is 2.29. The molecule has 10 heteroatoms. The van der Waals surface area contributed by atoms with Gasteiger partial charge in [0, 0.05) is 6.42 Å². The molecule has 0 N–H and O–H groups in total. The van der Waals surface area contributed by atoms with Gasteiger partial charge in [-0.05, 0) is 77.4 Å². The van der Waals surface area contributed by atoms with Gasteiger partial charge in [-0.1, -0.05) is 84.9 Å². The molecule has 0 aliphatic carbocycles. The second kappa shape index (κ2) is 13.5. The summed E-state index contributed by atoms with van der Waals surface area (Å²) in [5.74, 6) is 0. The van der Waals surface area contributed by atoms with E-state index in [0.29, 0.717) is 6.42 Å². The zero-order valence-electron chi connectivity index (χ0n) is 28.7. The highest BCUT2D eigenvalue weighted by molar-refractivity contribution is 14.1. The first-order chi connectivity index (χ1) is 18.4. The first-order valence-corrected chi connectivity index (χ1v) is 25.4. The number of carbonyl (C=O) groups is 1. The lowest BCUT2D eigenvalue weighted by Crippen LogP contribution is -2.69. The molecule has 0 bridgehead atoms. The van der Waals surface area contributed by atoms with Crippen molar-refractivity contribution < 1.29 is 27.5 Å². The third kappa shape index (κ3) is 9.08. The van der Waals surface area contributed by atoms with Crippen LogP contribution in [0.25, 0.3) is 0 Å². The zero-order valence-corrected chi connectivity index (χ0v) is 33.9. The van der Waals surface area contributed by atoms with Crippen LogP contribution >= 0.6 is 22.6 Å². The predicted octanol–water partition coefficient (Wildman–Crippen LogP) is 9.01. The summed E-state index contributed by atoms with van der Waals surface area (Å²) in [6, 6.07) is 0. The fraction of sp³-hybridized carbons (Fsp3) is 0.903. The molecule has 2 saturated heterocycles. The SMILES string of the molecule is CC(C)(C)[Si](C)(C)OC(/C=C/I)C1O[C@H]2CC[C@H](CC=O)OC2[C@H](O[Si](C)(C)C(C)(C)C)[C@@H]1O[Si](C)(C)C(C)(C)C. The van der Waals surface area contributed by atoms with Gasteiger partial charge in [-0.2, -0.15) is 0 Å². The molecular formula is C31H61IO6Si3. The minimum absolute atomic E-state index is 0.00170. The van der Waals surface area contributed by atoms with Crippen molar-refractivity contribution in [2.75, 3.05) is 0 Å². The maximum atomic E-state index is 11.5. The van der Waals surface area contributed by atoms with Crippen LogP contribution in [0.2, 0.25) is 54.4 Å². The summed E-state index contributed by atoms with van der Waals surface area (Å²) < 4.78 is 37.6. The summed E-state index contributed by atoms with van der Waals surface area (Å²) in [6.45, 7) is 34.3. The van der Waals surface area contributed by atoms with Crippen molar-refractivity contribution >= 4 is 53.8 Å². The van der Waals surface area contributed by atoms with E-state index in [1.165, 1.54) is 0 Å². The summed E-state index contributed by atoms with van der Waals surface area (Å²) in [4.78, 5) is 11.5. The third-order valence-electron chi connectivity index (χ3n) is 10.4. The molecule has 7 atom stereocenters. The third-order valence-corrected chi connectivity index (χ3v) is 24.3. The van der Waals surface area contributed by atoms with Crippen molar-refractivity contribution in [3.63, 3.8) is 0 Å². The maximum Gasteiger partial charge on any atom is 0.193 e. The Balaban J connectivity index is 2.73. The topological polar surface area (TPSA) is 63.2 Å². The molecule has 6 nitrogen and oxygen atoms in total. The Kier molecular flexibility index (Phi) is 12.5. The number of aldehydes is 1. The average molecular weight is 741 g/mol. The van der Waals surface area contributed by atoms with E-state index in [1.54, 1.807) is 0 Å². The van der Waals surface area contributed by atoms with Gasteiger partial charge in [0.15, 0.2) is 25.0 Å². The van der Waals surface area contributed by atoms with Gasteiger partial charge in [0.2, 0.25) is 0 Å². The molecule has 0 aromatic rings. The van der Waals surface area contributed by atoms with Crippen LogP contribution in [-0.4, -0.2) is 74.0 Å². The van der Waals surface area contributed by atoms with Crippen LogP contribution in [0.15, 0.2) is 10.2 Å². The number of hydrogen-bond donors (Lipinski definition) is 0. The van der Waals surface area contributed by atoms with E-state index in [4.69, 9.17) is 22.8 Å². The number of hydrogen-bond acceptors (Lipinski definition) is 6. The molecule has 2 fully saturated rings. The lowest BCUT2D eigenvalue weighted by Gasteiger charge is -2.56. The van der Waals surface area contributed by atoms with Crippen LogP contribution in [0.1, 0.15) is 81.6 Å². The largest absolute Gasteiger partial charge is 0.408 e. The highest BCUT2D eigenvalue weighted by Crippen LogP contribution is 2.47. The quantitative estimate of drug-likeness (QED) is 0.127. The Bertz CT molecular complexity index is 903. The van der Waals surface area contributed by atoms with E-state index in [9.17, 15) is 4.79 Å². The molecular weight excluding hydrogens is 679 g/mol. The first-order valence-electron chi connectivity index (χ1n) is 15.4. The van der Waals surface area contributed by atoms with Gasteiger partial charge in [0.25, 0.3) is 0 Å². The van der Waals surface area contributed by atoms with Gasteiger partial charge >= 0.3 is 0 Å². The Morgan fingerprint density at radius 2 is 1.27 bits per heavy atom. The lowest BCUT2D eigenvalue weighted by molar-refractivity contribution is -0.266. The smallest absolute Gasteiger partial charge is 0.193 e. The Hall–Kier alpha value is 0.591. The van der Waals surface area contributed by atoms with Crippen LogP contribution in [0.5, 0.6) is 0 Å². The Morgan fingerprint density at radius 1 is 0.780 bits per heavy atom. The minimum atomic E-state index is -2.28. The van der Waals surface area contributed by atoms with E-state index in [2.05, 4.69) is 134 Å². The number of halogens is 1. The molecule has 0 amide bonds. The lowest BCUT2D eigenvalue weighted by atomic mass is 9.87.